The summed E-state index contributed by atoms with van der Waals surface area (Å²) in [5, 5.41) is 17.9. The Balaban J connectivity index is 1.49. The van der Waals surface area contributed by atoms with Crippen LogP contribution in [0.5, 0.6) is 0 Å². The lowest BCUT2D eigenvalue weighted by Crippen LogP contribution is -2.57. The molecule has 0 saturated heterocycles. The summed E-state index contributed by atoms with van der Waals surface area (Å²) in [4.78, 5) is 37.0. The number of sulfone groups is 1. The lowest BCUT2D eigenvalue weighted by atomic mass is 9.74. The smallest absolute Gasteiger partial charge is 0.407 e. The molecule has 2 unspecified atom stereocenters. The van der Waals surface area contributed by atoms with E-state index in [2.05, 4.69) is 20.7 Å². The van der Waals surface area contributed by atoms with Gasteiger partial charge in [0.25, 0.3) is 5.91 Å². The number of anilines is 1. The van der Waals surface area contributed by atoms with Crippen LogP contribution >= 0.6 is 11.6 Å². The van der Waals surface area contributed by atoms with Crippen molar-refractivity contribution in [3.8, 4) is 0 Å². The normalized spacial score (nSPS) is 23.6. The molecule has 0 aliphatic heterocycles. The van der Waals surface area contributed by atoms with Crippen molar-refractivity contribution in [1.82, 2.24) is 10.6 Å². The van der Waals surface area contributed by atoms with E-state index in [0.29, 0.717) is 25.0 Å². The van der Waals surface area contributed by atoms with Crippen LogP contribution < -0.4 is 16.0 Å². The number of halogens is 4. The molecule has 0 radical (unpaired) electrons. The summed E-state index contributed by atoms with van der Waals surface area (Å²) in [6.45, 7) is 3.34. The Morgan fingerprint density at radius 1 is 1.07 bits per heavy atom. The van der Waals surface area contributed by atoms with Crippen molar-refractivity contribution in [2.45, 2.75) is 61.3 Å². The predicted octanol–water partition coefficient (Wildman–Crippen LogP) is 4.20. The first-order valence-corrected chi connectivity index (χ1v) is 15.8. The first-order valence-electron chi connectivity index (χ1n) is 13.9. The van der Waals surface area contributed by atoms with Crippen molar-refractivity contribution in [3.63, 3.8) is 0 Å². The maximum Gasteiger partial charge on any atom is 0.407 e. The van der Waals surface area contributed by atoms with Crippen molar-refractivity contribution >= 4 is 45.0 Å². The number of hydrogen-bond donors (Lipinski definition) is 4. The maximum atomic E-state index is 13.8. The molecule has 5 atom stereocenters. The summed E-state index contributed by atoms with van der Waals surface area (Å²) >= 11 is 6.27. The third-order valence-electron chi connectivity index (χ3n) is 8.51. The number of fused-ring (bicyclic) bond motifs is 2. The second-order valence-electron chi connectivity index (χ2n) is 11.5. The van der Waals surface area contributed by atoms with Gasteiger partial charge in [0.15, 0.2) is 27.3 Å². The first kappa shape index (κ1) is 33.5. The molecule has 240 valence electrons. The molecule has 0 heterocycles. The Hall–Kier alpha value is -3.36. The van der Waals surface area contributed by atoms with E-state index in [0.717, 1.165) is 6.07 Å². The van der Waals surface area contributed by atoms with E-state index in [1.165, 1.54) is 19.2 Å². The van der Waals surface area contributed by atoms with Crippen molar-refractivity contribution < 1.29 is 45.8 Å². The van der Waals surface area contributed by atoms with Gasteiger partial charge in [-0.2, -0.15) is 0 Å². The highest BCUT2D eigenvalue weighted by Crippen LogP contribution is 2.52. The van der Waals surface area contributed by atoms with Gasteiger partial charge < -0.3 is 25.8 Å². The summed E-state index contributed by atoms with van der Waals surface area (Å²) in [7, 11) is -2.96. The minimum atomic E-state index is -4.13. The lowest BCUT2D eigenvalue weighted by Gasteiger charge is -2.42. The number of hydrogen-bond acceptors (Lipinski definition) is 7. The molecule has 2 aliphatic carbocycles. The number of carbonyl (C=O) groups excluding carboxylic acids is 3. The van der Waals surface area contributed by atoms with Crippen molar-refractivity contribution in [1.29, 1.82) is 0 Å². The lowest BCUT2D eigenvalue weighted by molar-refractivity contribution is -0.127. The van der Waals surface area contributed by atoms with Crippen LogP contribution in [0.4, 0.5) is 23.7 Å². The molecule has 2 fully saturated rings. The fourth-order valence-electron chi connectivity index (χ4n) is 6.09. The van der Waals surface area contributed by atoms with Crippen LogP contribution in [0, 0.1) is 35.2 Å². The Morgan fingerprint density at radius 2 is 1.66 bits per heavy atom. The fourth-order valence-corrected chi connectivity index (χ4v) is 8.49. The average molecular weight is 660 g/mol. The minimum Gasteiger partial charge on any atom is -0.453 e. The van der Waals surface area contributed by atoms with Gasteiger partial charge in [-0.25, -0.2) is 26.4 Å². The monoisotopic (exact) mass is 659 g/mol. The van der Waals surface area contributed by atoms with Crippen LogP contribution in [0.3, 0.4) is 0 Å². The van der Waals surface area contributed by atoms with E-state index in [9.17, 15) is 41.1 Å². The highest BCUT2D eigenvalue weighted by Gasteiger charge is 2.56. The van der Waals surface area contributed by atoms with Gasteiger partial charge in [0.05, 0.1) is 27.9 Å². The number of ether oxygens (including phenoxy) is 1. The molecular formula is C29H33ClF3N3O7S. The molecule has 0 aromatic heterocycles. The van der Waals surface area contributed by atoms with Gasteiger partial charge in [-0.3, -0.25) is 9.59 Å². The predicted molar refractivity (Wildman–Crippen MR) is 154 cm³/mol. The second kappa shape index (κ2) is 12.9. The zero-order chi connectivity index (χ0) is 32.6. The Labute approximate surface area is 257 Å². The van der Waals surface area contributed by atoms with Crippen molar-refractivity contribution in [2.24, 2.45) is 17.8 Å². The van der Waals surface area contributed by atoms with E-state index >= 15 is 0 Å². The van der Waals surface area contributed by atoms with Gasteiger partial charge in [-0.05, 0) is 61.6 Å². The molecular weight excluding hydrogens is 627 g/mol. The van der Waals surface area contributed by atoms with Gasteiger partial charge in [-0.1, -0.05) is 25.4 Å². The molecule has 0 spiro atoms. The van der Waals surface area contributed by atoms with Gasteiger partial charge in [0.2, 0.25) is 5.91 Å². The number of rotatable bonds is 9. The molecule has 2 saturated carbocycles. The Morgan fingerprint density at radius 3 is 2.20 bits per heavy atom. The zero-order valence-electron chi connectivity index (χ0n) is 24.1. The van der Waals surface area contributed by atoms with Crippen LogP contribution in [-0.4, -0.2) is 62.0 Å². The molecule has 10 nitrogen and oxygen atoms in total. The molecule has 4 N–H and O–H groups in total. The number of methoxy groups -OCH3 is 1. The summed E-state index contributed by atoms with van der Waals surface area (Å²) < 4.78 is 72.6. The zero-order valence-corrected chi connectivity index (χ0v) is 25.7. The van der Waals surface area contributed by atoms with Gasteiger partial charge >= 0.3 is 6.09 Å². The Kier molecular flexibility index (Phi) is 9.86. The van der Waals surface area contributed by atoms with E-state index < -0.39 is 73.9 Å². The third-order valence-corrected chi connectivity index (χ3v) is 11.2. The van der Waals surface area contributed by atoms with E-state index in [1.807, 2.05) is 0 Å². The van der Waals surface area contributed by atoms with Crippen LogP contribution in [0.15, 0.2) is 35.2 Å². The second-order valence-corrected chi connectivity index (χ2v) is 14.1. The minimum absolute atomic E-state index is 0.0696. The van der Waals surface area contributed by atoms with Crippen LogP contribution in [0.2, 0.25) is 5.02 Å². The topological polar surface area (TPSA) is 151 Å². The van der Waals surface area contributed by atoms with Crippen molar-refractivity contribution in [2.75, 3.05) is 19.0 Å². The number of nitrogens with one attached hydrogen (secondary N) is 3. The van der Waals surface area contributed by atoms with E-state index in [1.54, 1.807) is 13.8 Å². The largest absolute Gasteiger partial charge is 0.453 e. The molecule has 2 aromatic rings. The number of carbonyl (C=O) groups is 3. The van der Waals surface area contributed by atoms with Gasteiger partial charge in [0, 0.05) is 29.9 Å². The van der Waals surface area contributed by atoms with Crippen LogP contribution in [-0.2, 0) is 19.4 Å². The first-order chi connectivity index (χ1) is 20.6. The average Bonchev–Trinajstić information content (AvgIpc) is 3.11. The number of amides is 3. The summed E-state index contributed by atoms with van der Waals surface area (Å²) in [6.07, 6.45) is 0.415. The van der Waals surface area contributed by atoms with Crippen LogP contribution in [0.1, 0.15) is 49.9 Å². The highest BCUT2D eigenvalue weighted by atomic mass is 35.5. The number of benzene rings is 2. The van der Waals surface area contributed by atoms with Crippen molar-refractivity contribution in [3.05, 3.63) is 58.4 Å². The summed E-state index contributed by atoms with van der Waals surface area (Å²) in [5.74, 6) is -7.36. The molecule has 2 bridgehead atoms. The van der Waals surface area contributed by atoms with E-state index in [-0.39, 0.29) is 46.5 Å². The highest BCUT2D eigenvalue weighted by molar-refractivity contribution is 7.92. The van der Waals surface area contributed by atoms with Crippen LogP contribution in [0.25, 0.3) is 0 Å². The standard InChI is InChI=1S/C29H33ClF3N3O7S/c1-14(2)25(36-28(39)43-3)27(38)34-13-29(40)16-5-6-17(29)10-19(9-16)44(41,42)23-8-15(4-7-20(23)30)26(37)35-18-11-21(31)24(33)22(32)12-18/h4,7-8,11-12,14,16-17,19,25,40H,5-6,9-10,13H2,1-3H3,(H,34,38)(H,35,37)(H,36,39)/t16-,17?,19-,25?,29-/m0/s1. The molecule has 3 amide bonds. The molecule has 2 aromatic carbocycles. The summed E-state index contributed by atoms with van der Waals surface area (Å²) in [6, 6.07) is 3.78. The number of aliphatic hydroxyl groups is 1. The quantitative estimate of drug-likeness (QED) is 0.295. The van der Waals surface area contributed by atoms with Gasteiger partial charge in [0.1, 0.15) is 6.04 Å². The molecule has 2 aliphatic rings. The fraction of sp³-hybridized carbons (Fsp3) is 0.483. The molecule has 4 rings (SSSR count). The third kappa shape index (κ3) is 6.66. The summed E-state index contributed by atoms with van der Waals surface area (Å²) in [5.41, 5.74) is -1.92. The molecule has 44 heavy (non-hydrogen) atoms. The van der Waals surface area contributed by atoms with E-state index in [4.69, 9.17) is 11.6 Å². The SMILES string of the molecule is COC(=O)NC(C(=O)NC[C@@]1(O)C2CC[C@H]1C[C@H](S(=O)(=O)c1cc(C(=O)Nc3cc(F)c(F)c(F)c3)ccc1Cl)C2)C(C)C. The number of alkyl carbamates (subject to hydrolysis) is 1. The Bertz CT molecular complexity index is 1540. The van der Waals surface area contributed by atoms with Gasteiger partial charge in [-0.15, -0.1) is 0 Å². The maximum absolute atomic E-state index is 13.8. The molecule has 15 heteroatoms.